The summed E-state index contributed by atoms with van der Waals surface area (Å²) in [5.41, 5.74) is -0.251. The number of halogens is 6. The zero-order valence-electron chi connectivity index (χ0n) is 22.1. The number of aromatic hydroxyl groups is 1. The molecule has 8 nitrogen and oxygen atoms in total. The Morgan fingerprint density at radius 1 is 0.818 bits per heavy atom. The number of hydrogen-bond donors (Lipinski definition) is 3. The normalized spacial score (nSPS) is 12.2. The van der Waals surface area contributed by atoms with Gasteiger partial charge >= 0.3 is 5.97 Å². The number of anilines is 1. The average Bonchev–Trinajstić information content (AvgIpc) is 2.98. The molecule has 0 radical (unpaired) electrons. The van der Waals surface area contributed by atoms with Crippen LogP contribution in [0.2, 0.25) is 5.02 Å². The van der Waals surface area contributed by atoms with Crippen molar-refractivity contribution < 1.29 is 50.2 Å². The van der Waals surface area contributed by atoms with E-state index in [9.17, 15) is 45.1 Å². The number of phenols is 1. The van der Waals surface area contributed by atoms with E-state index < -0.39 is 86.2 Å². The Morgan fingerprint density at radius 2 is 1.39 bits per heavy atom. The van der Waals surface area contributed by atoms with Crippen molar-refractivity contribution in [2.24, 2.45) is 0 Å². The lowest BCUT2D eigenvalue weighted by molar-refractivity contribution is -0.119. The van der Waals surface area contributed by atoms with Crippen molar-refractivity contribution in [3.63, 3.8) is 0 Å². The lowest BCUT2D eigenvalue weighted by Gasteiger charge is -2.31. The Labute approximate surface area is 252 Å². The number of aromatic carboxylic acids is 1. The number of nitrogens with one attached hydrogen (secondary N) is 1. The molecule has 1 amide bonds. The van der Waals surface area contributed by atoms with Crippen molar-refractivity contribution in [2.75, 3.05) is 5.32 Å². The van der Waals surface area contributed by atoms with E-state index in [2.05, 4.69) is 5.32 Å². The smallest absolute Gasteiger partial charge is 0.339 e. The Balaban J connectivity index is 1.90. The zero-order valence-corrected chi connectivity index (χ0v) is 23.6. The van der Waals surface area contributed by atoms with Crippen molar-refractivity contribution in [3.8, 4) is 5.75 Å². The van der Waals surface area contributed by atoms with Crippen LogP contribution in [-0.4, -0.2) is 40.9 Å². The highest BCUT2D eigenvalue weighted by atomic mass is 35.5. The van der Waals surface area contributed by atoms with Gasteiger partial charge in [-0.2, -0.15) is 4.31 Å². The first-order valence-corrected chi connectivity index (χ1v) is 14.2. The molecule has 0 heterocycles. The first-order chi connectivity index (χ1) is 20.7. The van der Waals surface area contributed by atoms with Crippen molar-refractivity contribution >= 4 is 39.2 Å². The predicted octanol–water partition coefficient (Wildman–Crippen LogP) is 5.88. The summed E-state index contributed by atoms with van der Waals surface area (Å²) in [5, 5.41) is 21.7. The largest absolute Gasteiger partial charge is 0.507 e. The Bertz CT molecular complexity index is 1810. The molecular weight excluding hydrogens is 635 g/mol. The van der Waals surface area contributed by atoms with E-state index in [0.717, 1.165) is 18.2 Å². The molecule has 0 saturated carbocycles. The van der Waals surface area contributed by atoms with Crippen LogP contribution in [0.15, 0.2) is 77.7 Å². The third-order valence-corrected chi connectivity index (χ3v) is 8.53. The summed E-state index contributed by atoms with van der Waals surface area (Å²) in [6, 6.07) is 14.0. The fourth-order valence-corrected chi connectivity index (χ4v) is 6.06. The van der Waals surface area contributed by atoms with Gasteiger partial charge in [-0.25, -0.2) is 35.2 Å². The highest BCUT2D eigenvalue weighted by molar-refractivity contribution is 7.89. The van der Waals surface area contributed by atoms with E-state index >= 15 is 0 Å². The van der Waals surface area contributed by atoms with Crippen LogP contribution in [0.4, 0.5) is 27.6 Å². The summed E-state index contributed by atoms with van der Waals surface area (Å²) in [5.74, 6) is -16.2. The molecule has 1 unspecified atom stereocenters. The van der Waals surface area contributed by atoms with Crippen LogP contribution in [0.1, 0.15) is 21.5 Å². The van der Waals surface area contributed by atoms with Gasteiger partial charge in [0.2, 0.25) is 21.7 Å². The van der Waals surface area contributed by atoms with E-state index in [0.29, 0.717) is 5.56 Å². The number of carboxylic acids is 1. The molecule has 44 heavy (non-hydrogen) atoms. The number of carboxylic acid groups (broad SMARTS) is 1. The molecule has 0 fully saturated rings. The SMILES string of the molecule is O=C(O)c1ccc(NC(=O)C(Cc2ccccc2)N(Cc2ccc(Cl)cc2)S(=O)(=O)c2c(F)c(F)c(F)c(F)c2F)cc1O. The highest BCUT2D eigenvalue weighted by Crippen LogP contribution is 2.32. The zero-order chi connectivity index (χ0) is 32.3. The van der Waals surface area contributed by atoms with E-state index in [1.54, 1.807) is 18.2 Å². The van der Waals surface area contributed by atoms with E-state index in [-0.39, 0.29) is 20.6 Å². The number of benzene rings is 4. The Hall–Kier alpha value is -4.53. The maximum Gasteiger partial charge on any atom is 0.339 e. The maximum atomic E-state index is 14.9. The second kappa shape index (κ2) is 13.0. The van der Waals surface area contributed by atoms with Gasteiger partial charge in [0.15, 0.2) is 28.2 Å². The number of hydrogen-bond acceptors (Lipinski definition) is 5. The Morgan fingerprint density at radius 3 is 1.93 bits per heavy atom. The maximum absolute atomic E-state index is 14.9. The number of carbonyl (C=O) groups is 2. The third kappa shape index (κ3) is 6.67. The second-order valence-corrected chi connectivity index (χ2v) is 11.6. The fraction of sp³-hybridized carbons (Fsp3) is 0.103. The van der Waals surface area contributed by atoms with Gasteiger partial charge in [-0.15, -0.1) is 0 Å². The monoisotopic (exact) mass is 654 g/mol. The first-order valence-electron chi connectivity index (χ1n) is 12.4. The van der Waals surface area contributed by atoms with E-state index in [4.69, 9.17) is 16.7 Å². The van der Waals surface area contributed by atoms with Crippen LogP contribution in [0.5, 0.6) is 5.75 Å². The number of rotatable bonds is 10. The molecular formula is C29H20ClF5N2O6S. The molecule has 0 aliphatic heterocycles. The quantitative estimate of drug-likeness (QED) is 0.112. The molecule has 15 heteroatoms. The van der Waals surface area contributed by atoms with Crippen LogP contribution in [0.3, 0.4) is 0 Å². The minimum absolute atomic E-state index is 0.121. The molecule has 0 aliphatic rings. The lowest BCUT2D eigenvalue weighted by Crippen LogP contribution is -2.48. The first kappa shape index (κ1) is 32.4. The standard InChI is InChI=1S/C29H20ClF5N2O6S/c30-17-8-6-16(7-9-17)14-37(44(42,43)27-25(34)23(32)22(31)24(33)26(27)35)20(12-15-4-2-1-3-5-15)28(39)36-18-10-11-19(29(40)41)21(38)13-18/h1-11,13,20,38H,12,14H2,(H,36,39)(H,40,41). The summed E-state index contributed by atoms with van der Waals surface area (Å²) in [4.78, 5) is 22.8. The van der Waals surface area contributed by atoms with Crippen molar-refractivity contribution in [1.29, 1.82) is 0 Å². The molecule has 0 saturated heterocycles. The minimum Gasteiger partial charge on any atom is -0.507 e. The number of amides is 1. The molecule has 0 aliphatic carbocycles. The number of nitrogens with zero attached hydrogens (tertiary/aromatic N) is 1. The van der Waals surface area contributed by atoms with Gasteiger partial charge in [0.05, 0.1) is 0 Å². The summed E-state index contributed by atoms with van der Waals surface area (Å²) < 4.78 is 100. The van der Waals surface area contributed by atoms with Gasteiger partial charge in [-0.05, 0) is 41.8 Å². The number of carbonyl (C=O) groups excluding carboxylic acids is 1. The number of sulfonamides is 1. The van der Waals surface area contributed by atoms with E-state index in [1.807, 2.05) is 0 Å². The topological polar surface area (TPSA) is 124 Å². The van der Waals surface area contributed by atoms with Crippen LogP contribution in [0, 0.1) is 29.1 Å². The van der Waals surface area contributed by atoms with Crippen LogP contribution in [0.25, 0.3) is 0 Å². The van der Waals surface area contributed by atoms with Crippen molar-refractivity contribution in [3.05, 3.63) is 124 Å². The summed E-state index contributed by atoms with van der Waals surface area (Å²) in [7, 11) is -5.70. The summed E-state index contributed by atoms with van der Waals surface area (Å²) in [6.45, 7) is -0.798. The van der Waals surface area contributed by atoms with Crippen molar-refractivity contribution in [2.45, 2.75) is 23.9 Å². The average molecular weight is 655 g/mol. The molecule has 0 spiro atoms. The molecule has 4 rings (SSSR count). The van der Waals surface area contributed by atoms with Gasteiger partial charge in [0, 0.05) is 23.3 Å². The fourth-order valence-electron chi connectivity index (χ4n) is 4.24. The van der Waals surface area contributed by atoms with Crippen molar-refractivity contribution in [1.82, 2.24) is 4.31 Å². The lowest BCUT2D eigenvalue weighted by atomic mass is 10.0. The second-order valence-electron chi connectivity index (χ2n) is 9.31. The summed E-state index contributed by atoms with van der Waals surface area (Å²) >= 11 is 5.91. The van der Waals surface area contributed by atoms with Gasteiger partial charge in [-0.1, -0.05) is 54.1 Å². The molecule has 230 valence electrons. The molecule has 0 aromatic heterocycles. The van der Waals surface area contributed by atoms with Gasteiger partial charge in [0.25, 0.3) is 0 Å². The van der Waals surface area contributed by atoms with Gasteiger partial charge < -0.3 is 15.5 Å². The minimum atomic E-state index is -5.70. The molecule has 0 bridgehead atoms. The molecule has 3 N–H and O–H groups in total. The van der Waals surface area contributed by atoms with Crippen LogP contribution < -0.4 is 5.32 Å². The third-order valence-electron chi connectivity index (χ3n) is 6.41. The predicted molar refractivity (Wildman–Crippen MR) is 148 cm³/mol. The highest BCUT2D eigenvalue weighted by Gasteiger charge is 2.42. The Kier molecular flexibility index (Phi) is 9.56. The van der Waals surface area contributed by atoms with Crippen LogP contribution >= 0.6 is 11.6 Å². The molecule has 1 atom stereocenters. The molecule has 4 aromatic carbocycles. The molecule has 4 aromatic rings. The van der Waals surface area contributed by atoms with E-state index in [1.165, 1.54) is 36.4 Å². The summed E-state index contributed by atoms with van der Waals surface area (Å²) in [6.07, 6.45) is -0.464. The van der Waals surface area contributed by atoms with Crippen LogP contribution in [-0.2, 0) is 27.8 Å². The van der Waals surface area contributed by atoms with Gasteiger partial charge in [0.1, 0.15) is 17.4 Å². The van der Waals surface area contributed by atoms with Gasteiger partial charge in [-0.3, -0.25) is 4.79 Å².